The molecule has 0 aromatic heterocycles. The summed E-state index contributed by atoms with van der Waals surface area (Å²) in [5.74, 6) is -1.65. The van der Waals surface area contributed by atoms with Crippen LogP contribution in [0.3, 0.4) is 0 Å². The predicted molar refractivity (Wildman–Crippen MR) is 68.0 cm³/mol. The maximum absolute atomic E-state index is 11.8. The average Bonchev–Trinajstić information content (AvgIpc) is 2.42. The van der Waals surface area contributed by atoms with E-state index in [1.807, 2.05) is 0 Å². The number of anilines is 1. The molecule has 0 saturated carbocycles. The molecule has 1 amide bonds. The smallest absolute Gasteiger partial charge is 0.322 e. The number of amides is 1. The summed E-state index contributed by atoms with van der Waals surface area (Å²) in [5.41, 5.74) is 0.728. The first-order valence-electron chi connectivity index (χ1n) is 5.66. The van der Waals surface area contributed by atoms with Gasteiger partial charge in [0.25, 0.3) is 5.91 Å². The highest BCUT2D eigenvalue weighted by atomic mass is 16.4. The van der Waals surface area contributed by atoms with E-state index in [2.05, 4.69) is 10.6 Å². The van der Waals surface area contributed by atoms with Crippen molar-refractivity contribution < 1.29 is 24.9 Å². The number of benzene rings is 1. The highest BCUT2D eigenvalue weighted by molar-refractivity contribution is 6.00. The molecule has 0 bridgehead atoms. The maximum atomic E-state index is 11.8. The van der Waals surface area contributed by atoms with Crippen LogP contribution in [0.25, 0.3) is 0 Å². The van der Waals surface area contributed by atoms with Crippen molar-refractivity contribution in [3.05, 3.63) is 29.8 Å². The molecule has 1 unspecified atom stereocenters. The van der Waals surface area contributed by atoms with Crippen molar-refractivity contribution in [2.45, 2.75) is 6.10 Å². The first kappa shape index (κ1) is 14.9. The number of carboxylic acids is 1. The van der Waals surface area contributed by atoms with Crippen LogP contribution in [0.2, 0.25) is 0 Å². The third kappa shape index (κ3) is 4.94. The number of hydrogen-bond donors (Lipinski definition) is 5. The number of para-hydroxylation sites is 1. The van der Waals surface area contributed by atoms with E-state index in [1.165, 1.54) is 6.07 Å². The average molecular weight is 268 g/mol. The summed E-state index contributed by atoms with van der Waals surface area (Å²) in [4.78, 5) is 22.1. The Morgan fingerprint density at radius 1 is 1.26 bits per heavy atom. The number of aliphatic carboxylic acids is 1. The molecule has 0 heterocycles. The first-order chi connectivity index (χ1) is 9.04. The third-order valence-electron chi connectivity index (χ3n) is 2.31. The van der Waals surface area contributed by atoms with Gasteiger partial charge in [-0.05, 0) is 12.1 Å². The molecule has 0 aliphatic rings. The molecule has 19 heavy (non-hydrogen) atoms. The van der Waals surface area contributed by atoms with E-state index in [9.17, 15) is 14.7 Å². The van der Waals surface area contributed by atoms with Gasteiger partial charge >= 0.3 is 5.97 Å². The molecular weight excluding hydrogens is 252 g/mol. The van der Waals surface area contributed by atoms with Crippen LogP contribution >= 0.6 is 0 Å². The zero-order valence-corrected chi connectivity index (χ0v) is 10.2. The van der Waals surface area contributed by atoms with Crippen LogP contribution in [0.15, 0.2) is 24.3 Å². The third-order valence-corrected chi connectivity index (χ3v) is 2.31. The number of nitrogens with one attached hydrogen (secondary N) is 2. The summed E-state index contributed by atoms with van der Waals surface area (Å²) in [5, 5.41) is 31.5. The second kappa shape index (κ2) is 7.34. The topological polar surface area (TPSA) is 119 Å². The molecule has 0 fully saturated rings. The lowest BCUT2D eigenvalue weighted by Gasteiger charge is -2.13. The summed E-state index contributed by atoms with van der Waals surface area (Å²) in [7, 11) is 0. The Bertz CT molecular complexity index is 450. The van der Waals surface area contributed by atoms with E-state index in [4.69, 9.17) is 10.2 Å². The van der Waals surface area contributed by atoms with Gasteiger partial charge in [-0.25, -0.2) is 0 Å². The summed E-state index contributed by atoms with van der Waals surface area (Å²) in [6, 6.07) is 6.50. The SMILES string of the molecule is O=C(O)CNC(=O)c1ccccc1NCC(O)CO. The molecule has 104 valence electrons. The fourth-order valence-electron chi connectivity index (χ4n) is 1.38. The number of rotatable bonds is 7. The summed E-state index contributed by atoms with van der Waals surface area (Å²) < 4.78 is 0. The number of hydrogen-bond acceptors (Lipinski definition) is 5. The molecule has 0 aliphatic carbocycles. The van der Waals surface area contributed by atoms with Gasteiger partial charge in [0.15, 0.2) is 0 Å². The molecule has 7 nitrogen and oxygen atoms in total. The Hall–Kier alpha value is -2.12. The zero-order chi connectivity index (χ0) is 14.3. The monoisotopic (exact) mass is 268 g/mol. The number of aliphatic hydroxyl groups is 2. The van der Waals surface area contributed by atoms with Crippen molar-refractivity contribution >= 4 is 17.6 Å². The lowest BCUT2D eigenvalue weighted by atomic mass is 10.1. The zero-order valence-electron chi connectivity index (χ0n) is 10.2. The van der Waals surface area contributed by atoms with E-state index in [0.717, 1.165) is 0 Å². The quantitative estimate of drug-likeness (QED) is 0.444. The lowest BCUT2D eigenvalue weighted by molar-refractivity contribution is -0.135. The van der Waals surface area contributed by atoms with Gasteiger partial charge in [0, 0.05) is 12.2 Å². The number of aliphatic hydroxyl groups excluding tert-OH is 2. The van der Waals surface area contributed by atoms with E-state index >= 15 is 0 Å². The van der Waals surface area contributed by atoms with Crippen LogP contribution in [-0.2, 0) is 4.79 Å². The minimum Gasteiger partial charge on any atom is -0.480 e. The van der Waals surface area contributed by atoms with Crippen molar-refractivity contribution in [1.29, 1.82) is 0 Å². The fourth-order valence-corrected chi connectivity index (χ4v) is 1.38. The van der Waals surface area contributed by atoms with Crippen molar-refractivity contribution in [2.75, 3.05) is 25.0 Å². The van der Waals surface area contributed by atoms with E-state index < -0.39 is 24.5 Å². The first-order valence-corrected chi connectivity index (χ1v) is 5.66. The van der Waals surface area contributed by atoms with Crippen LogP contribution in [-0.4, -0.2) is 53.0 Å². The Morgan fingerprint density at radius 2 is 1.95 bits per heavy atom. The minimum absolute atomic E-state index is 0.0831. The van der Waals surface area contributed by atoms with Gasteiger partial charge in [-0.15, -0.1) is 0 Å². The molecule has 5 N–H and O–H groups in total. The van der Waals surface area contributed by atoms with Gasteiger partial charge in [0.2, 0.25) is 0 Å². The summed E-state index contributed by atoms with van der Waals surface area (Å²) in [6.45, 7) is -0.771. The predicted octanol–water partition coefficient (Wildman–Crippen LogP) is -0.734. The Labute approximate surface area is 109 Å². The minimum atomic E-state index is -1.13. The molecule has 0 spiro atoms. The second-order valence-electron chi connectivity index (χ2n) is 3.84. The highest BCUT2D eigenvalue weighted by Crippen LogP contribution is 2.14. The van der Waals surface area contributed by atoms with Crippen molar-refractivity contribution in [2.24, 2.45) is 0 Å². The van der Waals surface area contributed by atoms with Crippen LogP contribution in [0.5, 0.6) is 0 Å². The van der Waals surface area contributed by atoms with Crippen molar-refractivity contribution in [3.8, 4) is 0 Å². The number of carbonyl (C=O) groups is 2. The van der Waals surface area contributed by atoms with Crippen LogP contribution in [0, 0.1) is 0 Å². The molecule has 7 heteroatoms. The van der Waals surface area contributed by atoms with Crippen LogP contribution < -0.4 is 10.6 Å². The normalized spacial score (nSPS) is 11.7. The molecule has 0 aliphatic heterocycles. The van der Waals surface area contributed by atoms with Gasteiger partial charge in [0.05, 0.1) is 18.3 Å². The van der Waals surface area contributed by atoms with E-state index in [1.54, 1.807) is 18.2 Å². The largest absolute Gasteiger partial charge is 0.480 e. The van der Waals surface area contributed by atoms with Crippen LogP contribution in [0.1, 0.15) is 10.4 Å². The van der Waals surface area contributed by atoms with Gasteiger partial charge in [-0.3, -0.25) is 9.59 Å². The molecule has 1 atom stereocenters. The van der Waals surface area contributed by atoms with Gasteiger partial charge in [-0.1, -0.05) is 12.1 Å². The molecule has 0 saturated heterocycles. The molecular formula is C12H16N2O5. The summed E-state index contributed by atoms with van der Waals surface area (Å²) in [6.07, 6.45) is -0.935. The van der Waals surface area contributed by atoms with Crippen molar-refractivity contribution in [3.63, 3.8) is 0 Å². The van der Waals surface area contributed by atoms with Crippen LogP contribution in [0.4, 0.5) is 5.69 Å². The van der Waals surface area contributed by atoms with Crippen molar-refractivity contribution in [1.82, 2.24) is 5.32 Å². The lowest BCUT2D eigenvalue weighted by Crippen LogP contribution is -2.30. The molecule has 1 aromatic rings. The van der Waals surface area contributed by atoms with Gasteiger partial charge in [-0.2, -0.15) is 0 Å². The summed E-state index contributed by atoms with van der Waals surface area (Å²) >= 11 is 0. The maximum Gasteiger partial charge on any atom is 0.322 e. The van der Waals surface area contributed by atoms with Gasteiger partial charge < -0.3 is 26.0 Å². The Morgan fingerprint density at radius 3 is 2.58 bits per heavy atom. The second-order valence-corrected chi connectivity index (χ2v) is 3.84. The number of carbonyl (C=O) groups excluding carboxylic acids is 1. The molecule has 1 rings (SSSR count). The Balaban J connectivity index is 2.71. The molecule has 1 aromatic carbocycles. The molecule has 0 radical (unpaired) electrons. The number of carboxylic acid groups (broad SMARTS) is 1. The highest BCUT2D eigenvalue weighted by Gasteiger charge is 2.12. The van der Waals surface area contributed by atoms with Gasteiger partial charge in [0.1, 0.15) is 6.54 Å². The Kier molecular flexibility index (Phi) is 5.77. The fraction of sp³-hybridized carbons (Fsp3) is 0.333. The van der Waals surface area contributed by atoms with E-state index in [-0.39, 0.29) is 18.7 Å². The standard InChI is InChI=1S/C12H16N2O5/c15-7-8(16)5-13-10-4-2-1-3-9(10)12(19)14-6-11(17)18/h1-4,8,13,15-16H,5-7H2,(H,14,19)(H,17,18). The van der Waals surface area contributed by atoms with E-state index in [0.29, 0.717) is 5.69 Å².